The van der Waals surface area contributed by atoms with Crippen LogP contribution in [0.5, 0.6) is 5.75 Å². The second-order valence-corrected chi connectivity index (χ2v) is 7.87. The first-order chi connectivity index (χ1) is 14.6. The number of hydrogen-bond acceptors (Lipinski definition) is 4. The normalized spacial score (nSPS) is 13.1. The lowest BCUT2D eigenvalue weighted by Gasteiger charge is -2.28. The van der Waals surface area contributed by atoms with Crippen molar-refractivity contribution in [1.82, 2.24) is 10.2 Å². The highest BCUT2D eigenvalue weighted by molar-refractivity contribution is 5.96. The number of benzene rings is 2. The predicted octanol–water partition coefficient (Wildman–Crippen LogP) is 3.79. The van der Waals surface area contributed by atoms with Crippen molar-refractivity contribution in [1.29, 1.82) is 0 Å². The zero-order valence-electron chi connectivity index (χ0n) is 18.1. The maximum atomic E-state index is 12.6. The lowest BCUT2D eigenvalue weighted by Crippen LogP contribution is -2.34. The number of rotatable bonds is 10. The molecule has 1 heterocycles. The fraction of sp³-hybridized carbons (Fsp3) is 0.440. The van der Waals surface area contributed by atoms with E-state index < -0.39 is 0 Å². The molecule has 0 saturated heterocycles. The molecule has 0 unspecified atom stereocenters. The Morgan fingerprint density at radius 3 is 2.70 bits per heavy atom. The molecule has 5 nitrogen and oxygen atoms in total. The molecule has 5 heteroatoms. The summed E-state index contributed by atoms with van der Waals surface area (Å²) >= 11 is 0. The summed E-state index contributed by atoms with van der Waals surface area (Å²) in [6.45, 7) is 4.78. The van der Waals surface area contributed by atoms with Crippen LogP contribution in [0, 0.1) is 0 Å². The molecule has 1 N–H and O–H groups in total. The number of unbranched alkanes of at least 4 members (excludes halogenated alkanes) is 1. The van der Waals surface area contributed by atoms with Crippen LogP contribution >= 0.6 is 0 Å². The number of amides is 1. The van der Waals surface area contributed by atoms with Crippen LogP contribution in [0.1, 0.15) is 53.2 Å². The highest BCUT2D eigenvalue weighted by atomic mass is 16.5. The predicted molar refractivity (Wildman–Crippen MR) is 119 cm³/mol. The zero-order valence-corrected chi connectivity index (χ0v) is 18.1. The molecule has 1 amide bonds. The standard InChI is InChI=1S/C25H32N2O3/c1-19(28)27-16-13-20-10-11-22(17-23(20)18-27)24(29)8-5-6-14-26-15-12-21-7-3-4-9-25(21)30-2/h3-4,7,9-11,17,26H,5-6,8,12-16,18H2,1-2H3. The maximum Gasteiger partial charge on any atom is 0.219 e. The molecule has 2 aromatic rings. The number of para-hydroxylation sites is 1. The van der Waals surface area contributed by atoms with E-state index in [0.717, 1.165) is 62.2 Å². The number of nitrogens with zero attached hydrogens (tertiary/aromatic N) is 1. The van der Waals surface area contributed by atoms with Gasteiger partial charge >= 0.3 is 0 Å². The number of methoxy groups -OCH3 is 1. The number of Topliss-reactive ketones (excluding diaryl/α,β-unsaturated/α-hetero) is 1. The van der Waals surface area contributed by atoms with Crippen molar-refractivity contribution in [3.63, 3.8) is 0 Å². The van der Waals surface area contributed by atoms with E-state index in [2.05, 4.69) is 17.4 Å². The largest absolute Gasteiger partial charge is 0.496 e. The van der Waals surface area contributed by atoms with Crippen LogP contribution < -0.4 is 10.1 Å². The van der Waals surface area contributed by atoms with Gasteiger partial charge < -0.3 is 15.0 Å². The summed E-state index contributed by atoms with van der Waals surface area (Å²) < 4.78 is 5.38. The molecule has 0 fully saturated rings. The second-order valence-electron chi connectivity index (χ2n) is 7.87. The molecule has 1 aliphatic heterocycles. The number of ketones is 1. The van der Waals surface area contributed by atoms with Crippen LogP contribution in [0.4, 0.5) is 0 Å². The van der Waals surface area contributed by atoms with Crippen LogP contribution in [0.3, 0.4) is 0 Å². The number of carbonyl (C=O) groups is 2. The summed E-state index contributed by atoms with van der Waals surface area (Å²) in [5.74, 6) is 1.21. The number of ether oxygens (including phenoxy) is 1. The zero-order chi connectivity index (χ0) is 21.3. The highest BCUT2D eigenvalue weighted by Gasteiger charge is 2.19. The van der Waals surface area contributed by atoms with Crippen LogP contribution in [0.2, 0.25) is 0 Å². The van der Waals surface area contributed by atoms with E-state index in [0.29, 0.717) is 13.0 Å². The van der Waals surface area contributed by atoms with Gasteiger partial charge in [0, 0.05) is 32.0 Å². The van der Waals surface area contributed by atoms with Gasteiger partial charge in [0.2, 0.25) is 5.91 Å². The highest BCUT2D eigenvalue weighted by Crippen LogP contribution is 2.22. The van der Waals surface area contributed by atoms with Gasteiger partial charge in [-0.1, -0.05) is 30.3 Å². The van der Waals surface area contributed by atoms with E-state index >= 15 is 0 Å². The molecule has 0 saturated carbocycles. The second kappa shape index (κ2) is 10.9. The molecule has 0 bridgehead atoms. The SMILES string of the molecule is COc1ccccc1CCNCCCCC(=O)c1ccc2c(c1)CN(C(C)=O)CC2. The fourth-order valence-electron chi connectivity index (χ4n) is 3.94. The van der Waals surface area contributed by atoms with Crippen molar-refractivity contribution in [2.75, 3.05) is 26.7 Å². The van der Waals surface area contributed by atoms with Crippen molar-refractivity contribution < 1.29 is 14.3 Å². The first-order valence-corrected chi connectivity index (χ1v) is 10.8. The molecule has 160 valence electrons. The average Bonchev–Trinajstić information content (AvgIpc) is 2.77. The van der Waals surface area contributed by atoms with E-state index in [1.54, 1.807) is 14.0 Å². The summed E-state index contributed by atoms with van der Waals surface area (Å²) in [6.07, 6.45) is 4.19. The van der Waals surface area contributed by atoms with Crippen molar-refractivity contribution >= 4 is 11.7 Å². The average molecular weight is 409 g/mol. The quantitative estimate of drug-likeness (QED) is 0.480. The Hall–Kier alpha value is -2.66. The first kappa shape index (κ1) is 22.0. The monoisotopic (exact) mass is 408 g/mol. The van der Waals surface area contributed by atoms with E-state index in [-0.39, 0.29) is 11.7 Å². The first-order valence-electron chi connectivity index (χ1n) is 10.8. The van der Waals surface area contributed by atoms with Gasteiger partial charge in [-0.2, -0.15) is 0 Å². The number of hydrogen-bond donors (Lipinski definition) is 1. The van der Waals surface area contributed by atoms with Gasteiger partial charge in [0.05, 0.1) is 7.11 Å². The Morgan fingerprint density at radius 1 is 1.07 bits per heavy atom. The summed E-state index contributed by atoms with van der Waals surface area (Å²) in [7, 11) is 1.70. The van der Waals surface area contributed by atoms with Gasteiger partial charge in [0.15, 0.2) is 5.78 Å². The third-order valence-corrected chi connectivity index (χ3v) is 5.76. The molecular formula is C25H32N2O3. The van der Waals surface area contributed by atoms with E-state index in [1.165, 1.54) is 11.1 Å². The third kappa shape index (κ3) is 5.92. The minimum Gasteiger partial charge on any atom is -0.496 e. The molecule has 3 rings (SSSR count). The minimum absolute atomic E-state index is 0.0931. The smallest absolute Gasteiger partial charge is 0.219 e. The van der Waals surface area contributed by atoms with Gasteiger partial charge in [0.1, 0.15) is 5.75 Å². The summed E-state index contributed by atoms with van der Waals surface area (Å²) in [6, 6.07) is 14.1. The van der Waals surface area contributed by atoms with E-state index in [4.69, 9.17) is 4.74 Å². The van der Waals surface area contributed by atoms with Crippen molar-refractivity contribution in [2.45, 2.75) is 45.6 Å². The summed E-state index contributed by atoms with van der Waals surface area (Å²) in [5.41, 5.74) is 4.34. The Labute approximate surface area is 179 Å². The van der Waals surface area contributed by atoms with Crippen molar-refractivity contribution in [3.8, 4) is 5.75 Å². The molecule has 0 aromatic heterocycles. The molecule has 0 atom stereocenters. The Balaban J connectivity index is 1.37. The van der Waals surface area contributed by atoms with Crippen LogP contribution in [0.25, 0.3) is 0 Å². The third-order valence-electron chi connectivity index (χ3n) is 5.76. The van der Waals surface area contributed by atoms with Crippen LogP contribution in [0.15, 0.2) is 42.5 Å². The summed E-state index contributed by atoms with van der Waals surface area (Å²) in [5, 5.41) is 3.45. The van der Waals surface area contributed by atoms with E-state index in [9.17, 15) is 9.59 Å². The Morgan fingerprint density at radius 2 is 1.90 bits per heavy atom. The lowest BCUT2D eigenvalue weighted by atomic mass is 9.95. The maximum absolute atomic E-state index is 12.6. The summed E-state index contributed by atoms with van der Waals surface area (Å²) in [4.78, 5) is 26.1. The molecular weight excluding hydrogens is 376 g/mol. The fourth-order valence-corrected chi connectivity index (χ4v) is 3.94. The molecule has 0 radical (unpaired) electrons. The molecule has 0 aliphatic carbocycles. The lowest BCUT2D eigenvalue weighted by molar-refractivity contribution is -0.129. The van der Waals surface area contributed by atoms with E-state index in [1.807, 2.05) is 35.2 Å². The molecule has 30 heavy (non-hydrogen) atoms. The molecule has 2 aromatic carbocycles. The Kier molecular flexibility index (Phi) is 8.03. The van der Waals surface area contributed by atoms with Gasteiger partial charge in [-0.05, 0) is 67.6 Å². The van der Waals surface area contributed by atoms with Crippen molar-refractivity contribution in [3.05, 3.63) is 64.7 Å². The topological polar surface area (TPSA) is 58.6 Å². The van der Waals surface area contributed by atoms with Gasteiger partial charge in [-0.15, -0.1) is 0 Å². The van der Waals surface area contributed by atoms with Gasteiger partial charge in [-0.25, -0.2) is 0 Å². The molecule has 0 spiro atoms. The number of carbonyl (C=O) groups excluding carboxylic acids is 2. The van der Waals surface area contributed by atoms with Crippen LogP contribution in [-0.2, 0) is 24.2 Å². The van der Waals surface area contributed by atoms with Crippen molar-refractivity contribution in [2.24, 2.45) is 0 Å². The number of fused-ring (bicyclic) bond motifs is 1. The number of nitrogens with one attached hydrogen (secondary N) is 1. The Bertz CT molecular complexity index is 878. The van der Waals surface area contributed by atoms with Gasteiger partial charge in [0.25, 0.3) is 0 Å². The van der Waals surface area contributed by atoms with Crippen LogP contribution in [-0.4, -0.2) is 43.3 Å². The molecule has 1 aliphatic rings. The van der Waals surface area contributed by atoms with Gasteiger partial charge in [-0.3, -0.25) is 9.59 Å². The minimum atomic E-state index is 0.0931.